The fraction of sp³-hybridized carbons (Fsp3) is 0.391. The van der Waals surface area contributed by atoms with Crippen molar-refractivity contribution in [2.24, 2.45) is 5.16 Å². The topological polar surface area (TPSA) is 69.6 Å². The summed E-state index contributed by atoms with van der Waals surface area (Å²) >= 11 is 0. The van der Waals surface area contributed by atoms with Crippen molar-refractivity contribution in [1.29, 1.82) is 0 Å². The van der Waals surface area contributed by atoms with Crippen LogP contribution in [0.3, 0.4) is 0 Å². The van der Waals surface area contributed by atoms with E-state index in [1.165, 1.54) is 0 Å². The van der Waals surface area contributed by atoms with Crippen molar-refractivity contribution < 1.29 is 23.8 Å². The highest BCUT2D eigenvalue weighted by molar-refractivity contribution is 6.39. The quantitative estimate of drug-likeness (QED) is 0.770. The van der Waals surface area contributed by atoms with Gasteiger partial charge in [-0.15, -0.1) is 0 Å². The zero-order valence-electron chi connectivity index (χ0n) is 17.1. The van der Waals surface area contributed by atoms with Gasteiger partial charge in [-0.25, -0.2) is 0 Å². The summed E-state index contributed by atoms with van der Waals surface area (Å²) in [6, 6.07) is 13.6. The number of nitrogens with zero attached hydrogens (tertiary/aromatic N) is 2. The molecule has 1 fully saturated rings. The highest BCUT2D eigenvalue weighted by atomic mass is 16.7. The van der Waals surface area contributed by atoms with E-state index >= 15 is 0 Å². The Hall–Kier alpha value is -3.22. The van der Waals surface area contributed by atoms with Gasteiger partial charge in [-0.05, 0) is 38.0 Å². The van der Waals surface area contributed by atoms with E-state index in [2.05, 4.69) is 5.16 Å². The zero-order valence-corrected chi connectivity index (χ0v) is 17.1. The second-order valence-electron chi connectivity index (χ2n) is 8.00. The Morgan fingerprint density at radius 2 is 2.03 bits per heavy atom. The molecule has 30 heavy (non-hydrogen) atoms. The summed E-state index contributed by atoms with van der Waals surface area (Å²) in [4.78, 5) is 21.0. The second-order valence-corrected chi connectivity index (χ2v) is 8.00. The minimum atomic E-state index is -0.717. The van der Waals surface area contributed by atoms with Crippen LogP contribution in [0.4, 0.5) is 0 Å². The van der Waals surface area contributed by atoms with Gasteiger partial charge in [-0.2, -0.15) is 0 Å². The van der Waals surface area contributed by atoms with Crippen LogP contribution in [0.2, 0.25) is 0 Å². The Balaban J connectivity index is 1.35. The Morgan fingerprint density at radius 3 is 2.90 bits per heavy atom. The van der Waals surface area contributed by atoms with E-state index in [9.17, 15) is 4.79 Å². The molecule has 2 atom stereocenters. The third-order valence-corrected chi connectivity index (χ3v) is 6.10. The molecule has 0 bridgehead atoms. The molecular weight excluding hydrogens is 384 g/mol. The minimum absolute atomic E-state index is 0.0197. The minimum Gasteiger partial charge on any atom is -0.496 e. The van der Waals surface area contributed by atoms with Crippen molar-refractivity contribution in [2.75, 3.05) is 20.4 Å². The molecule has 0 N–H and O–H groups in total. The fourth-order valence-corrected chi connectivity index (χ4v) is 4.48. The number of methoxy groups -OCH3 is 1. The monoisotopic (exact) mass is 408 g/mol. The van der Waals surface area contributed by atoms with Crippen LogP contribution in [0.25, 0.3) is 0 Å². The van der Waals surface area contributed by atoms with Gasteiger partial charge in [0.1, 0.15) is 11.5 Å². The summed E-state index contributed by atoms with van der Waals surface area (Å²) in [6.07, 6.45) is 2.25. The molecule has 7 heteroatoms. The van der Waals surface area contributed by atoms with Crippen LogP contribution in [-0.4, -0.2) is 37.0 Å². The number of rotatable bonds is 4. The molecular formula is C23H24N2O5. The molecule has 5 rings (SSSR count). The van der Waals surface area contributed by atoms with Crippen molar-refractivity contribution in [1.82, 2.24) is 4.90 Å². The van der Waals surface area contributed by atoms with E-state index in [-0.39, 0.29) is 18.7 Å². The number of fused-ring (bicyclic) bond motifs is 1. The number of hydrogen-bond donors (Lipinski definition) is 0. The fourth-order valence-electron chi connectivity index (χ4n) is 4.48. The Kier molecular flexibility index (Phi) is 4.53. The summed E-state index contributed by atoms with van der Waals surface area (Å²) < 4.78 is 16.4. The number of carbonyl (C=O) groups excluding carboxylic acids is 1. The molecule has 2 aromatic rings. The molecule has 1 saturated heterocycles. The third kappa shape index (κ3) is 3.05. The maximum absolute atomic E-state index is 13.4. The first-order valence-corrected chi connectivity index (χ1v) is 10.2. The lowest BCUT2D eigenvalue weighted by atomic mass is 9.90. The number of amides is 1. The van der Waals surface area contributed by atoms with E-state index in [0.717, 1.165) is 29.7 Å². The Bertz CT molecular complexity index is 1020. The summed E-state index contributed by atoms with van der Waals surface area (Å²) in [7, 11) is 1.66. The third-order valence-electron chi connectivity index (χ3n) is 6.10. The first-order chi connectivity index (χ1) is 14.6. The lowest BCUT2D eigenvalue weighted by Gasteiger charge is -2.26. The maximum Gasteiger partial charge on any atom is 0.272 e. The number of hydrogen-bond acceptors (Lipinski definition) is 6. The molecule has 0 spiro atoms. The van der Waals surface area contributed by atoms with Gasteiger partial charge in [0.05, 0.1) is 13.2 Å². The maximum atomic E-state index is 13.4. The highest BCUT2D eigenvalue weighted by Gasteiger charge is 2.43. The van der Waals surface area contributed by atoms with Crippen LogP contribution < -0.4 is 14.2 Å². The van der Waals surface area contributed by atoms with Gasteiger partial charge in [0.2, 0.25) is 6.79 Å². The van der Waals surface area contributed by atoms with Crippen LogP contribution in [0.5, 0.6) is 17.2 Å². The van der Waals surface area contributed by atoms with E-state index in [0.29, 0.717) is 30.2 Å². The van der Waals surface area contributed by atoms with Gasteiger partial charge in [-0.3, -0.25) is 4.79 Å². The molecule has 0 aromatic heterocycles. The number of benzene rings is 2. The number of ether oxygens (including phenoxy) is 3. The molecule has 1 amide bonds. The van der Waals surface area contributed by atoms with Crippen molar-refractivity contribution >= 4 is 11.6 Å². The molecule has 2 aromatic carbocycles. The SMILES string of the molecule is COc1ccccc1C1CCCN1C(=O)C1=NOC(C)(c2ccc3c(c2)OCO3)C1. The number of para-hydroxylation sites is 1. The lowest BCUT2D eigenvalue weighted by Crippen LogP contribution is -2.37. The zero-order chi connectivity index (χ0) is 20.7. The molecule has 3 heterocycles. The second kappa shape index (κ2) is 7.23. The summed E-state index contributed by atoms with van der Waals surface area (Å²) in [6.45, 7) is 2.85. The van der Waals surface area contributed by atoms with E-state index in [1.807, 2.05) is 54.3 Å². The molecule has 0 radical (unpaired) electrons. The molecule has 2 unspecified atom stereocenters. The normalized spacial score (nSPS) is 24.5. The predicted molar refractivity (Wildman–Crippen MR) is 110 cm³/mol. The Morgan fingerprint density at radius 1 is 1.20 bits per heavy atom. The van der Waals surface area contributed by atoms with Crippen LogP contribution in [-0.2, 0) is 15.2 Å². The van der Waals surface area contributed by atoms with Gasteiger partial charge < -0.3 is 23.9 Å². The van der Waals surface area contributed by atoms with Crippen LogP contribution in [0.1, 0.15) is 43.4 Å². The Labute approximate surface area is 175 Å². The van der Waals surface area contributed by atoms with Gasteiger partial charge in [0.25, 0.3) is 5.91 Å². The van der Waals surface area contributed by atoms with E-state index < -0.39 is 5.60 Å². The number of oxime groups is 1. The average Bonchev–Trinajstić information content (AvgIpc) is 3.52. The molecule has 0 saturated carbocycles. The highest BCUT2D eigenvalue weighted by Crippen LogP contribution is 2.42. The number of likely N-dealkylation sites (tertiary alicyclic amines) is 1. The van der Waals surface area contributed by atoms with Gasteiger partial charge in [0.15, 0.2) is 17.1 Å². The first-order valence-electron chi connectivity index (χ1n) is 10.2. The smallest absolute Gasteiger partial charge is 0.272 e. The molecule has 7 nitrogen and oxygen atoms in total. The van der Waals surface area contributed by atoms with E-state index in [1.54, 1.807) is 7.11 Å². The first kappa shape index (κ1) is 18.8. The van der Waals surface area contributed by atoms with Gasteiger partial charge in [0, 0.05) is 24.1 Å². The van der Waals surface area contributed by atoms with Crippen LogP contribution in [0, 0.1) is 0 Å². The van der Waals surface area contributed by atoms with Crippen molar-refractivity contribution in [2.45, 2.75) is 37.8 Å². The summed E-state index contributed by atoms with van der Waals surface area (Å²) in [5.41, 5.74) is 1.66. The van der Waals surface area contributed by atoms with Crippen LogP contribution in [0.15, 0.2) is 47.6 Å². The molecule has 156 valence electrons. The molecule has 3 aliphatic heterocycles. The standard InChI is InChI=1S/C23H24N2O5/c1-23(15-9-10-20-21(12-15)29-14-28-20)13-17(24-30-23)22(26)25-11-5-7-18(25)16-6-3-4-8-19(16)27-2/h3-4,6,8-10,12,18H,5,7,11,13-14H2,1-2H3. The van der Waals surface area contributed by atoms with Crippen LogP contribution >= 0.6 is 0 Å². The largest absolute Gasteiger partial charge is 0.496 e. The van der Waals surface area contributed by atoms with Gasteiger partial charge in [-0.1, -0.05) is 29.4 Å². The number of carbonyl (C=O) groups is 1. The lowest BCUT2D eigenvalue weighted by molar-refractivity contribution is -0.125. The summed E-state index contributed by atoms with van der Waals surface area (Å²) in [5.74, 6) is 2.13. The molecule has 0 aliphatic carbocycles. The van der Waals surface area contributed by atoms with E-state index in [4.69, 9.17) is 19.0 Å². The van der Waals surface area contributed by atoms with Crippen molar-refractivity contribution in [3.63, 3.8) is 0 Å². The average molecular weight is 408 g/mol. The predicted octanol–water partition coefficient (Wildman–Crippen LogP) is 3.78. The van der Waals surface area contributed by atoms with Crippen molar-refractivity contribution in [3.8, 4) is 17.2 Å². The molecule has 3 aliphatic rings. The van der Waals surface area contributed by atoms with Crippen molar-refractivity contribution in [3.05, 3.63) is 53.6 Å². The summed E-state index contributed by atoms with van der Waals surface area (Å²) in [5, 5.41) is 4.20. The van der Waals surface area contributed by atoms with Gasteiger partial charge >= 0.3 is 0 Å².